The summed E-state index contributed by atoms with van der Waals surface area (Å²) in [7, 11) is 2.23. The van der Waals surface area contributed by atoms with Crippen LogP contribution in [0.2, 0.25) is 0 Å². The molecule has 140 valence electrons. The fraction of sp³-hybridized carbons (Fsp3) is 0.478. The lowest BCUT2D eigenvalue weighted by atomic mass is 9.73. The van der Waals surface area contributed by atoms with Crippen molar-refractivity contribution in [3.63, 3.8) is 0 Å². The minimum atomic E-state index is -0.0241. The van der Waals surface area contributed by atoms with E-state index >= 15 is 0 Å². The van der Waals surface area contributed by atoms with Crippen LogP contribution in [-0.4, -0.2) is 29.1 Å². The number of nitrogens with one attached hydrogen (secondary N) is 1. The topological polar surface area (TPSA) is 35.5 Å². The summed E-state index contributed by atoms with van der Waals surface area (Å²) in [6, 6.07) is 19.6. The summed E-state index contributed by atoms with van der Waals surface area (Å²) in [5.74, 6) is 0.359. The average molecular weight is 353 g/mol. The molecular weight excluding hydrogens is 320 g/mol. The minimum absolute atomic E-state index is 0.0241. The van der Waals surface area contributed by atoms with Crippen LogP contribution in [0.4, 0.5) is 0 Å². The lowest BCUT2D eigenvalue weighted by molar-refractivity contribution is 0.0540. The summed E-state index contributed by atoms with van der Waals surface area (Å²) in [4.78, 5) is 2.49. The molecule has 1 aliphatic rings. The Morgan fingerprint density at radius 3 is 2.38 bits per heavy atom. The summed E-state index contributed by atoms with van der Waals surface area (Å²) in [5, 5.41) is 13.8. The molecule has 0 bridgehead atoms. The third kappa shape index (κ3) is 4.28. The zero-order valence-corrected chi connectivity index (χ0v) is 16.3. The lowest BCUT2D eigenvalue weighted by Gasteiger charge is -2.47. The third-order valence-electron chi connectivity index (χ3n) is 5.76. The average Bonchev–Trinajstić information content (AvgIpc) is 2.63. The Bertz CT molecular complexity index is 690. The Morgan fingerprint density at radius 1 is 1.08 bits per heavy atom. The first-order chi connectivity index (χ1) is 12.5. The van der Waals surface area contributed by atoms with Crippen molar-refractivity contribution in [1.29, 1.82) is 0 Å². The fourth-order valence-corrected chi connectivity index (χ4v) is 4.43. The van der Waals surface area contributed by atoms with Crippen molar-refractivity contribution in [2.75, 3.05) is 7.05 Å². The van der Waals surface area contributed by atoms with Crippen LogP contribution in [-0.2, 0) is 12.1 Å². The first-order valence-corrected chi connectivity index (χ1v) is 9.80. The molecule has 0 unspecified atom stereocenters. The van der Waals surface area contributed by atoms with E-state index in [0.717, 1.165) is 32.2 Å². The molecule has 1 saturated carbocycles. The predicted octanol–water partition coefficient (Wildman–Crippen LogP) is 4.66. The van der Waals surface area contributed by atoms with E-state index in [2.05, 4.69) is 67.5 Å². The molecule has 2 aromatic carbocycles. The molecule has 1 aliphatic carbocycles. The van der Waals surface area contributed by atoms with E-state index in [1.54, 1.807) is 6.07 Å². The molecule has 0 aliphatic heterocycles. The first kappa shape index (κ1) is 18.9. The maximum Gasteiger partial charge on any atom is 0.115 e. The molecule has 26 heavy (non-hydrogen) atoms. The number of hydrogen-bond acceptors (Lipinski definition) is 3. The van der Waals surface area contributed by atoms with Crippen molar-refractivity contribution in [2.24, 2.45) is 0 Å². The van der Waals surface area contributed by atoms with Gasteiger partial charge in [0.1, 0.15) is 5.75 Å². The van der Waals surface area contributed by atoms with Gasteiger partial charge in [-0.3, -0.25) is 4.90 Å². The van der Waals surface area contributed by atoms with Gasteiger partial charge in [-0.25, -0.2) is 0 Å². The molecule has 2 aromatic rings. The molecule has 0 spiro atoms. The van der Waals surface area contributed by atoms with E-state index in [4.69, 9.17) is 0 Å². The summed E-state index contributed by atoms with van der Waals surface area (Å²) in [6.45, 7) is 5.36. The molecule has 0 radical (unpaired) electrons. The van der Waals surface area contributed by atoms with E-state index in [0.29, 0.717) is 17.8 Å². The number of aromatic hydroxyl groups is 1. The number of phenolic OH excluding ortho intramolecular Hbond substituents is 1. The molecule has 0 saturated heterocycles. The fourth-order valence-electron chi connectivity index (χ4n) is 4.43. The molecule has 3 rings (SSSR count). The zero-order chi connectivity index (χ0) is 18.6. The van der Waals surface area contributed by atoms with Crippen LogP contribution in [0.1, 0.15) is 50.7 Å². The van der Waals surface area contributed by atoms with Crippen LogP contribution in [0.5, 0.6) is 5.75 Å². The van der Waals surface area contributed by atoms with E-state index in [-0.39, 0.29) is 5.54 Å². The quantitative estimate of drug-likeness (QED) is 0.794. The zero-order valence-electron chi connectivity index (χ0n) is 16.3. The van der Waals surface area contributed by atoms with E-state index in [1.165, 1.54) is 11.1 Å². The Labute approximate surface area is 158 Å². The second-order valence-electron chi connectivity index (χ2n) is 8.02. The predicted molar refractivity (Wildman–Crippen MR) is 108 cm³/mol. The second kappa shape index (κ2) is 8.24. The first-order valence-electron chi connectivity index (χ1n) is 9.80. The Morgan fingerprint density at radius 2 is 1.77 bits per heavy atom. The molecule has 0 atom stereocenters. The number of hydrogen-bond donors (Lipinski definition) is 2. The van der Waals surface area contributed by atoms with Crippen molar-refractivity contribution in [2.45, 2.75) is 63.7 Å². The van der Waals surface area contributed by atoms with Gasteiger partial charge in [0.15, 0.2) is 0 Å². The van der Waals surface area contributed by atoms with Gasteiger partial charge in [-0.2, -0.15) is 0 Å². The van der Waals surface area contributed by atoms with Crippen LogP contribution < -0.4 is 5.32 Å². The van der Waals surface area contributed by atoms with E-state index in [1.807, 2.05) is 12.1 Å². The highest BCUT2D eigenvalue weighted by Crippen LogP contribution is 2.43. The lowest BCUT2D eigenvalue weighted by Crippen LogP contribution is -2.49. The maximum absolute atomic E-state index is 10.1. The Kier molecular flexibility index (Phi) is 6.00. The maximum atomic E-state index is 10.1. The van der Waals surface area contributed by atoms with Gasteiger partial charge in [-0.1, -0.05) is 56.3 Å². The van der Waals surface area contributed by atoms with Crippen molar-refractivity contribution in [3.8, 4) is 5.75 Å². The SMILES string of the molecule is CC(C)NC1CCC(c2cccc(O)c2)(N(C)Cc2ccccc2)CC1. The van der Waals surface area contributed by atoms with Gasteiger partial charge in [0.25, 0.3) is 0 Å². The number of phenols is 1. The van der Waals surface area contributed by atoms with Crippen molar-refractivity contribution in [1.82, 2.24) is 10.2 Å². The number of rotatable bonds is 6. The molecule has 1 fully saturated rings. The normalized spacial score (nSPS) is 23.5. The molecule has 0 heterocycles. The standard InChI is InChI=1S/C23H32N2O/c1-18(2)24-21-12-14-23(15-13-21,20-10-7-11-22(26)16-20)25(3)17-19-8-5-4-6-9-19/h4-11,16,18,21,24,26H,12-15,17H2,1-3H3. The van der Waals surface area contributed by atoms with Crippen LogP contribution >= 0.6 is 0 Å². The van der Waals surface area contributed by atoms with Gasteiger partial charge in [0.2, 0.25) is 0 Å². The number of nitrogens with zero attached hydrogens (tertiary/aromatic N) is 1. The second-order valence-corrected chi connectivity index (χ2v) is 8.02. The monoisotopic (exact) mass is 352 g/mol. The van der Waals surface area contributed by atoms with Gasteiger partial charge in [0, 0.05) is 24.2 Å². The molecule has 0 amide bonds. The molecule has 2 N–H and O–H groups in total. The summed E-state index contributed by atoms with van der Waals surface area (Å²) in [6.07, 6.45) is 4.52. The molecular formula is C23H32N2O. The van der Waals surface area contributed by atoms with Crippen molar-refractivity contribution < 1.29 is 5.11 Å². The van der Waals surface area contributed by atoms with Gasteiger partial charge < -0.3 is 10.4 Å². The van der Waals surface area contributed by atoms with Gasteiger partial charge in [-0.15, -0.1) is 0 Å². The molecule has 3 heteroatoms. The van der Waals surface area contributed by atoms with Gasteiger partial charge in [0.05, 0.1) is 0 Å². The van der Waals surface area contributed by atoms with Crippen LogP contribution in [0.3, 0.4) is 0 Å². The highest BCUT2D eigenvalue weighted by atomic mass is 16.3. The van der Waals surface area contributed by atoms with E-state index in [9.17, 15) is 5.11 Å². The van der Waals surface area contributed by atoms with Gasteiger partial charge >= 0.3 is 0 Å². The molecule has 0 aromatic heterocycles. The smallest absolute Gasteiger partial charge is 0.115 e. The third-order valence-corrected chi connectivity index (χ3v) is 5.76. The van der Waals surface area contributed by atoms with Gasteiger partial charge in [-0.05, 0) is 56.0 Å². The molecule has 3 nitrogen and oxygen atoms in total. The van der Waals surface area contributed by atoms with Crippen molar-refractivity contribution in [3.05, 3.63) is 65.7 Å². The highest BCUT2D eigenvalue weighted by Gasteiger charge is 2.40. The van der Waals surface area contributed by atoms with Crippen LogP contribution in [0.15, 0.2) is 54.6 Å². The number of benzene rings is 2. The summed E-state index contributed by atoms with van der Waals surface area (Å²) in [5.41, 5.74) is 2.54. The Balaban J connectivity index is 1.85. The van der Waals surface area contributed by atoms with Crippen LogP contribution in [0, 0.1) is 0 Å². The van der Waals surface area contributed by atoms with E-state index < -0.39 is 0 Å². The summed E-state index contributed by atoms with van der Waals surface area (Å²) >= 11 is 0. The van der Waals surface area contributed by atoms with Crippen LogP contribution in [0.25, 0.3) is 0 Å². The minimum Gasteiger partial charge on any atom is -0.508 e. The largest absolute Gasteiger partial charge is 0.508 e. The summed E-state index contributed by atoms with van der Waals surface area (Å²) < 4.78 is 0. The van der Waals surface area contributed by atoms with Crippen molar-refractivity contribution >= 4 is 0 Å². The highest BCUT2D eigenvalue weighted by molar-refractivity contribution is 5.33. The Hall–Kier alpha value is -1.84.